The van der Waals surface area contributed by atoms with Crippen molar-refractivity contribution in [1.29, 1.82) is 0 Å². The smallest absolute Gasteiger partial charge is 0.419 e. The fourth-order valence-electron chi connectivity index (χ4n) is 1.91. The highest BCUT2D eigenvalue weighted by Gasteiger charge is 2.41. The molecule has 0 aliphatic carbocycles. The lowest BCUT2D eigenvalue weighted by molar-refractivity contribution is -0.141. The summed E-state index contributed by atoms with van der Waals surface area (Å²) in [6, 6.07) is 1.92. The van der Waals surface area contributed by atoms with Crippen molar-refractivity contribution < 1.29 is 27.9 Å². The number of nitrogens with zero attached hydrogens (tertiary/aromatic N) is 2. The highest BCUT2D eigenvalue weighted by atomic mass is 19.4. The Bertz CT molecular complexity index is 530. The van der Waals surface area contributed by atoms with Crippen LogP contribution in [-0.4, -0.2) is 28.5 Å². The molecule has 2 rings (SSSR count). The van der Waals surface area contributed by atoms with Gasteiger partial charge in [0.1, 0.15) is 5.82 Å². The van der Waals surface area contributed by atoms with Gasteiger partial charge >= 0.3 is 12.1 Å². The molecule has 1 saturated heterocycles. The first-order chi connectivity index (χ1) is 8.80. The summed E-state index contributed by atoms with van der Waals surface area (Å²) in [5.41, 5.74) is -1.05. The van der Waals surface area contributed by atoms with Crippen LogP contribution in [0.4, 0.5) is 19.0 Å². The Kier molecular flexibility index (Phi) is 3.17. The van der Waals surface area contributed by atoms with Crippen molar-refractivity contribution in [1.82, 2.24) is 4.98 Å². The number of hydrogen-bond donors (Lipinski definition) is 1. The molecule has 1 aromatic heterocycles. The van der Waals surface area contributed by atoms with Crippen LogP contribution in [0.1, 0.15) is 12.0 Å². The van der Waals surface area contributed by atoms with Crippen molar-refractivity contribution in [2.24, 2.45) is 5.92 Å². The van der Waals surface area contributed by atoms with Gasteiger partial charge in [-0.15, -0.1) is 0 Å². The largest absolute Gasteiger partial charge is 0.481 e. The Hall–Kier alpha value is -2.12. The SMILES string of the molecule is O=C(O)C1CC(=O)N(c2ncccc2C(F)(F)F)C1. The molecule has 1 aliphatic rings. The lowest BCUT2D eigenvalue weighted by atomic mass is 10.1. The van der Waals surface area contributed by atoms with Gasteiger partial charge in [-0.1, -0.05) is 0 Å². The number of carbonyl (C=O) groups excluding carboxylic acids is 1. The van der Waals surface area contributed by atoms with Crippen molar-refractivity contribution >= 4 is 17.7 Å². The number of pyridine rings is 1. The van der Waals surface area contributed by atoms with Gasteiger partial charge in [0, 0.05) is 19.2 Å². The Morgan fingerprint density at radius 3 is 2.68 bits per heavy atom. The maximum absolute atomic E-state index is 12.8. The molecule has 1 fully saturated rings. The molecule has 102 valence electrons. The van der Waals surface area contributed by atoms with Gasteiger partial charge in [-0.05, 0) is 12.1 Å². The van der Waals surface area contributed by atoms with Crippen LogP contribution in [0.5, 0.6) is 0 Å². The number of alkyl halides is 3. The minimum absolute atomic E-state index is 0.297. The molecule has 5 nitrogen and oxygen atoms in total. The zero-order valence-electron chi connectivity index (χ0n) is 9.52. The number of carbonyl (C=O) groups is 2. The second-order valence-electron chi connectivity index (χ2n) is 4.12. The van der Waals surface area contributed by atoms with E-state index in [1.165, 1.54) is 0 Å². The van der Waals surface area contributed by atoms with Crippen molar-refractivity contribution in [2.45, 2.75) is 12.6 Å². The summed E-state index contributed by atoms with van der Waals surface area (Å²) in [4.78, 5) is 26.8. The highest BCUT2D eigenvalue weighted by Crippen LogP contribution is 2.37. The first-order valence-electron chi connectivity index (χ1n) is 5.36. The van der Waals surface area contributed by atoms with E-state index < -0.39 is 35.4 Å². The summed E-state index contributed by atoms with van der Waals surface area (Å²) < 4.78 is 38.4. The number of halogens is 3. The summed E-state index contributed by atoms with van der Waals surface area (Å²) in [6.07, 6.45) is -3.83. The lowest BCUT2D eigenvalue weighted by Gasteiger charge is -2.19. The van der Waals surface area contributed by atoms with Crippen LogP contribution in [-0.2, 0) is 15.8 Å². The molecule has 8 heteroatoms. The predicted octanol–water partition coefficient (Wildman–Crippen LogP) is 1.54. The van der Waals surface area contributed by atoms with E-state index in [0.29, 0.717) is 0 Å². The molecule has 2 heterocycles. The number of carboxylic acids is 1. The normalized spacial score (nSPS) is 19.8. The summed E-state index contributed by atoms with van der Waals surface area (Å²) in [5.74, 6) is -3.42. The van der Waals surface area contributed by atoms with Gasteiger partial charge in [0.15, 0.2) is 0 Å². The van der Waals surface area contributed by atoms with E-state index in [2.05, 4.69) is 4.98 Å². The average molecular weight is 274 g/mol. The maximum atomic E-state index is 12.8. The zero-order valence-corrected chi connectivity index (χ0v) is 9.52. The minimum atomic E-state index is -4.65. The molecule has 1 aromatic rings. The standard InChI is InChI=1S/C11H9F3N2O3/c12-11(13,14)7-2-1-3-15-9(7)16-5-6(10(18)19)4-8(16)17/h1-3,6H,4-5H2,(H,18,19). The monoisotopic (exact) mass is 274 g/mol. The number of aliphatic carboxylic acids is 1. The number of anilines is 1. The number of carboxylic acid groups (broad SMARTS) is 1. The molecule has 0 spiro atoms. The van der Waals surface area contributed by atoms with E-state index in [9.17, 15) is 22.8 Å². The van der Waals surface area contributed by atoms with E-state index in [-0.39, 0.29) is 13.0 Å². The second-order valence-corrected chi connectivity index (χ2v) is 4.12. The van der Waals surface area contributed by atoms with E-state index in [4.69, 9.17) is 5.11 Å². The van der Waals surface area contributed by atoms with Crippen LogP contribution in [0.2, 0.25) is 0 Å². The number of amides is 1. The molecule has 19 heavy (non-hydrogen) atoms. The van der Waals surface area contributed by atoms with E-state index in [0.717, 1.165) is 23.2 Å². The molecule has 1 atom stereocenters. The van der Waals surface area contributed by atoms with Crippen LogP contribution < -0.4 is 4.90 Å². The van der Waals surface area contributed by atoms with E-state index >= 15 is 0 Å². The van der Waals surface area contributed by atoms with Crippen molar-refractivity contribution in [3.8, 4) is 0 Å². The molecule has 0 saturated carbocycles. The topological polar surface area (TPSA) is 70.5 Å². The maximum Gasteiger partial charge on any atom is 0.419 e. The van der Waals surface area contributed by atoms with Crippen LogP contribution in [0, 0.1) is 5.92 Å². The third-order valence-corrected chi connectivity index (χ3v) is 2.82. The van der Waals surface area contributed by atoms with Gasteiger partial charge in [0.25, 0.3) is 0 Å². The van der Waals surface area contributed by atoms with Crippen LogP contribution in [0.3, 0.4) is 0 Å². The fraction of sp³-hybridized carbons (Fsp3) is 0.364. The van der Waals surface area contributed by atoms with Crippen molar-refractivity contribution in [2.75, 3.05) is 11.4 Å². The molecule has 0 bridgehead atoms. The van der Waals surface area contributed by atoms with Gasteiger partial charge in [-0.25, -0.2) is 4.98 Å². The van der Waals surface area contributed by atoms with Crippen LogP contribution >= 0.6 is 0 Å². The van der Waals surface area contributed by atoms with Gasteiger partial charge in [-0.2, -0.15) is 13.2 Å². The lowest BCUT2D eigenvalue weighted by Crippen LogP contribution is -2.29. The Morgan fingerprint density at radius 2 is 2.16 bits per heavy atom. The third kappa shape index (κ3) is 2.51. The van der Waals surface area contributed by atoms with Crippen molar-refractivity contribution in [3.63, 3.8) is 0 Å². The quantitative estimate of drug-likeness (QED) is 0.888. The molecule has 0 radical (unpaired) electrons. The van der Waals surface area contributed by atoms with Crippen LogP contribution in [0.15, 0.2) is 18.3 Å². The molecular weight excluding hydrogens is 265 g/mol. The minimum Gasteiger partial charge on any atom is -0.481 e. The van der Waals surface area contributed by atoms with Crippen LogP contribution in [0.25, 0.3) is 0 Å². The first kappa shape index (κ1) is 13.3. The zero-order chi connectivity index (χ0) is 14.2. The average Bonchev–Trinajstić information content (AvgIpc) is 2.70. The van der Waals surface area contributed by atoms with Crippen molar-refractivity contribution in [3.05, 3.63) is 23.9 Å². The summed E-state index contributed by atoms with van der Waals surface area (Å²) in [7, 11) is 0. The Morgan fingerprint density at radius 1 is 1.47 bits per heavy atom. The summed E-state index contributed by atoms with van der Waals surface area (Å²) in [6.45, 7) is -0.297. The number of hydrogen-bond acceptors (Lipinski definition) is 3. The molecule has 1 aliphatic heterocycles. The molecule has 1 N–H and O–H groups in total. The highest BCUT2D eigenvalue weighted by molar-refractivity contribution is 5.99. The van der Waals surface area contributed by atoms with Gasteiger partial charge < -0.3 is 5.11 Å². The molecule has 0 aromatic carbocycles. The predicted molar refractivity (Wildman–Crippen MR) is 57.3 cm³/mol. The van der Waals surface area contributed by atoms with E-state index in [1.54, 1.807) is 0 Å². The number of rotatable bonds is 2. The van der Waals surface area contributed by atoms with Gasteiger partial charge in [-0.3, -0.25) is 14.5 Å². The molecule has 1 amide bonds. The molecular formula is C11H9F3N2O3. The Balaban J connectivity index is 2.38. The van der Waals surface area contributed by atoms with Gasteiger partial charge in [0.2, 0.25) is 5.91 Å². The first-order valence-corrected chi connectivity index (χ1v) is 5.36. The second kappa shape index (κ2) is 4.52. The number of aromatic nitrogens is 1. The summed E-state index contributed by atoms with van der Waals surface area (Å²) in [5, 5.41) is 8.80. The fourth-order valence-corrected chi connectivity index (χ4v) is 1.91. The molecule has 1 unspecified atom stereocenters. The van der Waals surface area contributed by atoms with E-state index in [1.807, 2.05) is 0 Å². The Labute approximate surface area is 105 Å². The third-order valence-electron chi connectivity index (χ3n) is 2.82. The summed E-state index contributed by atoms with van der Waals surface area (Å²) >= 11 is 0. The van der Waals surface area contributed by atoms with Gasteiger partial charge in [0.05, 0.1) is 11.5 Å².